The molecule has 9 heteroatoms. The SMILES string of the molecule is CCOC(=O)[C@@H]1CS[C@H]2CC[C@@H](NS(=O)(=O)c3cccc4ccccc34)C(=O)N21. The van der Waals surface area contributed by atoms with Crippen molar-refractivity contribution in [2.45, 2.75) is 42.1 Å². The minimum absolute atomic E-state index is 0.116. The minimum Gasteiger partial charge on any atom is -0.464 e. The summed E-state index contributed by atoms with van der Waals surface area (Å²) in [5, 5.41) is 1.30. The molecule has 0 saturated carbocycles. The third kappa shape index (κ3) is 3.74. The number of amides is 1. The molecule has 2 saturated heterocycles. The van der Waals surface area contributed by atoms with Crippen molar-refractivity contribution in [1.29, 1.82) is 0 Å². The van der Waals surface area contributed by atoms with Crippen LogP contribution in [0.4, 0.5) is 0 Å². The number of ether oxygens (including phenoxy) is 1. The van der Waals surface area contributed by atoms with E-state index in [-0.39, 0.29) is 22.8 Å². The topological polar surface area (TPSA) is 92.8 Å². The monoisotopic (exact) mass is 434 g/mol. The number of rotatable bonds is 5. The number of benzene rings is 2. The van der Waals surface area contributed by atoms with Gasteiger partial charge in [0.25, 0.3) is 0 Å². The molecule has 3 atom stereocenters. The molecule has 2 heterocycles. The van der Waals surface area contributed by atoms with Gasteiger partial charge in [-0.05, 0) is 31.2 Å². The van der Waals surface area contributed by atoms with Crippen molar-refractivity contribution < 1.29 is 22.7 Å². The maximum atomic E-state index is 13.1. The second kappa shape index (κ2) is 7.97. The molecule has 1 N–H and O–H groups in total. The Kier molecular flexibility index (Phi) is 5.54. The Labute approximate surface area is 173 Å². The van der Waals surface area contributed by atoms with Crippen LogP contribution in [0.2, 0.25) is 0 Å². The van der Waals surface area contributed by atoms with Crippen LogP contribution >= 0.6 is 11.8 Å². The summed E-state index contributed by atoms with van der Waals surface area (Å²) in [6.45, 7) is 1.96. The van der Waals surface area contributed by atoms with Gasteiger partial charge in [-0.25, -0.2) is 13.2 Å². The molecule has 0 spiro atoms. The molecular formula is C20H22N2O5S2. The third-order valence-electron chi connectivity index (χ3n) is 5.24. The van der Waals surface area contributed by atoms with E-state index >= 15 is 0 Å². The summed E-state index contributed by atoms with van der Waals surface area (Å²) in [7, 11) is -3.92. The molecule has 29 heavy (non-hydrogen) atoms. The maximum Gasteiger partial charge on any atom is 0.329 e. The zero-order valence-electron chi connectivity index (χ0n) is 15.9. The van der Waals surface area contributed by atoms with Crippen molar-refractivity contribution in [1.82, 2.24) is 9.62 Å². The molecule has 2 aliphatic rings. The van der Waals surface area contributed by atoms with Gasteiger partial charge in [-0.2, -0.15) is 4.72 Å². The van der Waals surface area contributed by atoms with Crippen LogP contribution in [0, 0.1) is 0 Å². The quantitative estimate of drug-likeness (QED) is 0.725. The predicted molar refractivity (Wildman–Crippen MR) is 111 cm³/mol. The second-order valence-corrected chi connectivity index (χ2v) is 9.92. The molecule has 2 aliphatic heterocycles. The van der Waals surface area contributed by atoms with Gasteiger partial charge in [0.15, 0.2) is 0 Å². The van der Waals surface area contributed by atoms with Crippen molar-refractivity contribution >= 4 is 44.4 Å². The Hall–Kier alpha value is -2.10. The predicted octanol–water partition coefficient (Wildman–Crippen LogP) is 2.11. The molecular weight excluding hydrogens is 412 g/mol. The van der Waals surface area contributed by atoms with Gasteiger partial charge in [-0.1, -0.05) is 36.4 Å². The zero-order valence-corrected chi connectivity index (χ0v) is 17.5. The molecule has 154 valence electrons. The number of nitrogens with zero attached hydrogens (tertiary/aromatic N) is 1. The van der Waals surface area contributed by atoms with E-state index in [1.54, 1.807) is 25.1 Å². The lowest BCUT2D eigenvalue weighted by atomic mass is 10.0. The van der Waals surface area contributed by atoms with Gasteiger partial charge < -0.3 is 9.64 Å². The number of thioether (sulfide) groups is 1. The average Bonchev–Trinajstić information content (AvgIpc) is 3.15. The number of hydrogen-bond donors (Lipinski definition) is 1. The van der Waals surface area contributed by atoms with E-state index in [2.05, 4.69) is 4.72 Å². The fourth-order valence-electron chi connectivity index (χ4n) is 3.90. The summed E-state index contributed by atoms with van der Waals surface area (Å²) in [6, 6.07) is 10.7. The lowest BCUT2D eigenvalue weighted by molar-refractivity contribution is -0.155. The van der Waals surface area contributed by atoms with Crippen molar-refractivity contribution in [3.05, 3.63) is 42.5 Å². The van der Waals surface area contributed by atoms with Crippen molar-refractivity contribution in [2.75, 3.05) is 12.4 Å². The summed E-state index contributed by atoms with van der Waals surface area (Å²) in [5.74, 6) is -0.334. The highest BCUT2D eigenvalue weighted by Gasteiger charge is 2.48. The number of carbonyl (C=O) groups excluding carboxylic acids is 2. The molecule has 1 amide bonds. The summed E-state index contributed by atoms with van der Waals surface area (Å²) in [6.07, 6.45) is 1.02. The Balaban J connectivity index is 1.59. The fourth-order valence-corrected chi connectivity index (χ4v) is 6.77. The Bertz CT molecular complexity index is 1050. The van der Waals surface area contributed by atoms with Crippen LogP contribution in [-0.2, 0) is 24.3 Å². The standard InChI is InChI=1S/C20H22N2O5S2/c1-2-27-20(24)16-12-28-18-11-10-15(19(23)22(16)18)21-29(25,26)17-9-5-7-13-6-3-4-8-14(13)17/h3-9,15-16,18,21H,2,10-12H2,1H3/t15-,16+,18+/m1/s1. The number of fused-ring (bicyclic) bond motifs is 2. The van der Waals surface area contributed by atoms with E-state index in [9.17, 15) is 18.0 Å². The molecule has 2 fully saturated rings. The largest absolute Gasteiger partial charge is 0.464 e. The van der Waals surface area contributed by atoms with Crippen LogP contribution in [0.25, 0.3) is 10.8 Å². The van der Waals surface area contributed by atoms with Crippen LogP contribution in [0.1, 0.15) is 19.8 Å². The van der Waals surface area contributed by atoms with E-state index in [4.69, 9.17) is 4.74 Å². The van der Waals surface area contributed by atoms with Gasteiger partial charge in [0.05, 0.1) is 16.9 Å². The van der Waals surface area contributed by atoms with Gasteiger partial charge in [0.1, 0.15) is 12.1 Å². The Morgan fingerprint density at radius 1 is 1.21 bits per heavy atom. The van der Waals surface area contributed by atoms with Gasteiger partial charge in [0.2, 0.25) is 15.9 Å². The molecule has 0 radical (unpaired) electrons. The van der Waals surface area contributed by atoms with E-state index in [0.717, 1.165) is 5.39 Å². The smallest absolute Gasteiger partial charge is 0.329 e. The van der Waals surface area contributed by atoms with Crippen LogP contribution in [-0.4, -0.2) is 55.0 Å². The molecule has 0 unspecified atom stereocenters. The van der Waals surface area contributed by atoms with E-state index in [1.807, 2.05) is 18.2 Å². The molecule has 7 nitrogen and oxygen atoms in total. The third-order valence-corrected chi connectivity index (χ3v) is 8.13. The summed E-state index contributed by atoms with van der Waals surface area (Å²) < 4.78 is 33.9. The number of nitrogens with one attached hydrogen (secondary N) is 1. The maximum absolute atomic E-state index is 13.1. The summed E-state index contributed by atoms with van der Waals surface area (Å²) in [4.78, 5) is 27.0. The van der Waals surface area contributed by atoms with Crippen LogP contribution < -0.4 is 4.72 Å². The highest BCUT2D eigenvalue weighted by molar-refractivity contribution is 8.00. The first kappa shape index (κ1) is 20.2. The highest BCUT2D eigenvalue weighted by Crippen LogP contribution is 2.37. The van der Waals surface area contributed by atoms with Gasteiger partial charge >= 0.3 is 5.97 Å². The number of hydrogen-bond acceptors (Lipinski definition) is 6. The molecule has 2 aromatic carbocycles. The van der Waals surface area contributed by atoms with Crippen molar-refractivity contribution in [3.8, 4) is 0 Å². The molecule has 0 aromatic heterocycles. The van der Waals surface area contributed by atoms with Crippen LogP contribution in [0.3, 0.4) is 0 Å². The lowest BCUT2D eigenvalue weighted by Crippen LogP contribution is -2.57. The van der Waals surface area contributed by atoms with Gasteiger partial charge in [-0.3, -0.25) is 4.79 Å². The van der Waals surface area contributed by atoms with E-state index in [0.29, 0.717) is 24.0 Å². The summed E-state index contributed by atoms with van der Waals surface area (Å²) in [5.41, 5.74) is 0. The lowest BCUT2D eigenvalue weighted by Gasteiger charge is -2.36. The highest BCUT2D eigenvalue weighted by atomic mass is 32.2. The first-order valence-electron chi connectivity index (χ1n) is 9.53. The fraction of sp³-hybridized carbons (Fsp3) is 0.400. The number of sulfonamides is 1. The number of piperidine rings is 1. The first-order chi connectivity index (χ1) is 13.9. The first-order valence-corrected chi connectivity index (χ1v) is 12.1. The molecule has 4 rings (SSSR count). The Morgan fingerprint density at radius 3 is 2.76 bits per heavy atom. The van der Waals surface area contributed by atoms with Crippen molar-refractivity contribution in [2.24, 2.45) is 0 Å². The van der Waals surface area contributed by atoms with Crippen LogP contribution in [0.5, 0.6) is 0 Å². The number of carbonyl (C=O) groups is 2. The molecule has 0 aliphatic carbocycles. The van der Waals surface area contributed by atoms with Crippen molar-refractivity contribution in [3.63, 3.8) is 0 Å². The van der Waals surface area contributed by atoms with Gasteiger partial charge in [-0.15, -0.1) is 11.8 Å². The minimum atomic E-state index is -3.92. The number of esters is 1. The van der Waals surface area contributed by atoms with E-state index < -0.39 is 28.1 Å². The summed E-state index contributed by atoms with van der Waals surface area (Å²) >= 11 is 1.54. The van der Waals surface area contributed by atoms with E-state index in [1.165, 1.54) is 22.7 Å². The average molecular weight is 435 g/mol. The molecule has 0 bridgehead atoms. The second-order valence-electron chi connectivity index (χ2n) is 7.03. The van der Waals surface area contributed by atoms with Crippen LogP contribution in [0.15, 0.2) is 47.4 Å². The Morgan fingerprint density at radius 2 is 1.97 bits per heavy atom. The zero-order chi connectivity index (χ0) is 20.6. The normalized spacial score (nSPS) is 24.5. The van der Waals surface area contributed by atoms with Gasteiger partial charge in [0, 0.05) is 11.1 Å². The molecule has 2 aromatic rings.